The number of methoxy groups -OCH3 is 1. The Morgan fingerprint density at radius 1 is 1.11 bits per heavy atom. The minimum atomic E-state index is -0.666. The third-order valence-electron chi connectivity index (χ3n) is 6.19. The molecule has 1 saturated heterocycles. The number of aliphatic hydroxyl groups excluding tert-OH is 1. The molecule has 184 valence electrons. The Bertz CT molecular complexity index is 1060. The number of hydrogen-bond donors (Lipinski definition) is 1. The zero-order valence-electron chi connectivity index (χ0n) is 20.4. The van der Waals surface area contributed by atoms with Crippen molar-refractivity contribution in [3.8, 4) is 11.8 Å². The van der Waals surface area contributed by atoms with E-state index in [1.54, 1.807) is 25.1 Å². The van der Waals surface area contributed by atoms with Crippen LogP contribution in [-0.2, 0) is 20.8 Å². The molecule has 1 N–H and O–H groups in total. The number of benzene rings is 2. The monoisotopic (exact) mass is 475 g/mol. The van der Waals surface area contributed by atoms with Crippen molar-refractivity contribution in [3.63, 3.8) is 0 Å². The number of allylic oxidation sites excluding steroid dienone is 1. The van der Waals surface area contributed by atoms with Gasteiger partial charge in [0.1, 0.15) is 6.61 Å². The fourth-order valence-corrected chi connectivity index (χ4v) is 3.89. The lowest BCUT2D eigenvalue weighted by Gasteiger charge is -2.26. The van der Waals surface area contributed by atoms with Crippen molar-refractivity contribution in [1.29, 1.82) is 0 Å². The second-order valence-electron chi connectivity index (χ2n) is 8.61. The van der Waals surface area contributed by atoms with Crippen LogP contribution in [0.2, 0.25) is 0 Å². The lowest BCUT2D eigenvalue weighted by Crippen LogP contribution is -2.35. The van der Waals surface area contributed by atoms with Gasteiger partial charge in [0.15, 0.2) is 11.6 Å². The van der Waals surface area contributed by atoms with Crippen molar-refractivity contribution in [2.75, 3.05) is 40.0 Å². The Kier molecular flexibility index (Phi) is 10.4. The van der Waals surface area contributed by atoms with E-state index in [1.165, 1.54) is 12.7 Å². The van der Waals surface area contributed by atoms with E-state index in [9.17, 15) is 14.7 Å². The molecular weight excluding hydrogens is 442 g/mol. The van der Waals surface area contributed by atoms with Gasteiger partial charge in [0.2, 0.25) is 0 Å². The molecule has 2 aromatic carbocycles. The predicted molar refractivity (Wildman–Crippen MR) is 136 cm³/mol. The van der Waals surface area contributed by atoms with E-state index in [4.69, 9.17) is 9.47 Å². The van der Waals surface area contributed by atoms with Crippen LogP contribution in [0.25, 0.3) is 6.08 Å². The number of ketones is 2. The first-order chi connectivity index (χ1) is 17.0. The van der Waals surface area contributed by atoms with E-state index in [0.29, 0.717) is 5.56 Å². The van der Waals surface area contributed by atoms with Crippen LogP contribution >= 0.6 is 0 Å². The summed E-state index contributed by atoms with van der Waals surface area (Å²) in [7, 11) is 1.48. The van der Waals surface area contributed by atoms with E-state index in [1.807, 2.05) is 30.3 Å². The molecule has 2 atom stereocenters. The molecule has 1 aliphatic rings. The van der Waals surface area contributed by atoms with Gasteiger partial charge in [-0.15, -0.1) is 0 Å². The van der Waals surface area contributed by atoms with Crippen molar-refractivity contribution in [1.82, 2.24) is 4.90 Å². The Balaban J connectivity index is 1.53. The molecule has 0 saturated carbocycles. The van der Waals surface area contributed by atoms with Gasteiger partial charge in [0.25, 0.3) is 0 Å². The molecular formula is C29H33NO5. The molecule has 1 heterocycles. The van der Waals surface area contributed by atoms with Crippen LogP contribution in [0.3, 0.4) is 0 Å². The first-order valence-electron chi connectivity index (χ1n) is 11.9. The summed E-state index contributed by atoms with van der Waals surface area (Å²) >= 11 is 0. The summed E-state index contributed by atoms with van der Waals surface area (Å²) in [5, 5.41) is 9.18. The predicted octanol–water partition coefficient (Wildman–Crippen LogP) is 3.37. The molecule has 1 aliphatic heterocycles. The molecule has 3 rings (SSSR count). The number of hydrogen-bond acceptors (Lipinski definition) is 6. The number of aliphatic hydroxyl groups is 1. The minimum absolute atomic E-state index is 0.000296. The SMILES string of the molecule is COC(C)[C@H](CC(=O)c1ccc(/C=C/C#Cc2ccc(CN3CCOCC3)cc2)cc1)C(=O)CO. The maximum atomic E-state index is 12.6. The second-order valence-corrected chi connectivity index (χ2v) is 8.61. The van der Waals surface area contributed by atoms with Crippen LogP contribution < -0.4 is 0 Å². The molecule has 6 heteroatoms. The third-order valence-corrected chi connectivity index (χ3v) is 6.19. The largest absolute Gasteiger partial charge is 0.389 e. The quantitative estimate of drug-likeness (QED) is 0.420. The topological polar surface area (TPSA) is 76.1 Å². The maximum Gasteiger partial charge on any atom is 0.164 e. The van der Waals surface area contributed by atoms with E-state index < -0.39 is 24.4 Å². The number of morpholine rings is 1. The number of rotatable bonds is 10. The average molecular weight is 476 g/mol. The van der Waals surface area contributed by atoms with Gasteiger partial charge in [0, 0.05) is 44.3 Å². The molecule has 6 nitrogen and oxygen atoms in total. The lowest BCUT2D eigenvalue weighted by atomic mass is 9.90. The van der Waals surface area contributed by atoms with Gasteiger partial charge in [-0.25, -0.2) is 0 Å². The van der Waals surface area contributed by atoms with E-state index >= 15 is 0 Å². The van der Waals surface area contributed by atoms with Gasteiger partial charge in [-0.3, -0.25) is 14.5 Å². The average Bonchev–Trinajstić information content (AvgIpc) is 2.90. The fourth-order valence-electron chi connectivity index (χ4n) is 3.89. The van der Waals surface area contributed by atoms with Crippen molar-refractivity contribution in [3.05, 3.63) is 76.9 Å². The van der Waals surface area contributed by atoms with Gasteiger partial charge >= 0.3 is 0 Å². The lowest BCUT2D eigenvalue weighted by molar-refractivity contribution is -0.129. The van der Waals surface area contributed by atoms with Gasteiger partial charge < -0.3 is 14.6 Å². The molecule has 1 fully saturated rings. The molecule has 0 radical (unpaired) electrons. The number of carbonyl (C=O) groups excluding carboxylic acids is 2. The molecule has 0 bridgehead atoms. The molecule has 35 heavy (non-hydrogen) atoms. The first kappa shape index (κ1) is 26.5. The third kappa shape index (κ3) is 8.27. The summed E-state index contributed by atoms with van der Waals surface area (Å²) in [6, 6.07) is 15.5. The second kappa shape index (κ2) is 13.7. The summed E-state index contributed by atoms with van der Waals surface area (Å²) in [5.41, 5.74) is 3.67. The van der Waals surface area contributed by atoms with Crippen molar-refractivity contribution in [2.45, 2.75) is 26.0 Å². The highest BCUT2D eigenvalue weighted by Crippen LogP contribution is 2.18. The van der Waals surface area contributed by atoms with E-state index in [2.05, 4.69) is 28.9 Å². The normalized spacial score (nSPS) is 15.9. The Hall–Kier alpha value is -3.08. The van der Waals surface area contributed by atoms with Crippen LogP contribution in [0.15, 0.2) is 54.6 Å². The molecule has 0 aromatic heterocycles. The Morgan fingerprint density at radius 3 is 2.43 bits per heavy atom. The maximum absolute atomic E-state index is 12.6. The van der Waals surface area contributed by atoms with Crippen molar-refractivity contribution < 1.29 is 24.2 Å². The van der Waals surface area contributed by atoms with Crippen molar-refractivity contribution >= 4 is 17.6 Å². The van der Waals surface area contributed by atoms with Crippen LogP contribution in [0.1, 0.15) is 40.4 Å². The number of carbonyl (C=O) groups is 2. The standard InChI is InChI=1S/C29H33NO5/c1-22(34-2)27(29(33)21-31)19-28(32)26-13-11-24(12-14-26)6-4-3-5-23-7-9-25(10-8-23)20-30-15-17-35-18-16-30/h4,6-14,22,27,31H,15-21H2,1-2H3/b6-4+/t22?,27-/m0/s1. The molecule has 0 amide bonds. The summed E-state index contributed by atoms with van der Waals surface area (Å²) in [4.78, 5) is 27.0. The summed E-state index contributed by atoms with van der Waals surface area (Å²) in [6.45, 7) is 5.59. The van der Waals surface area contributed by atoms with Gasteiger partial charge in [-0.1, -0.05) is 48.2 Å². The number of nitrogens with zero attached hydrogens (tertiary/aromatic N) is 1. The Labute approximate surface area is 207 Å². The zero-order chi connectivity index (χ0) is 25.0. The molecule has 1 unspecified atom stereocenters. The van der Waals surface area contributed by atoms with Gasteiger partial charge in [0.05, 0.1) is 25.2 Å². The summed E-state index contributed by atoms with van der Waals surface area (Å²) in [6.07, 6.45) is 3.23. The Morgan fingerprint density at radius 2 is 1.80 bits per heavy atom. The highest BCUT2D eigenvalue weighted by molar-refractivity contribution is 5.99. The first-order valence-corrected chi connectivity index (χ1v) is 11.9. The van der Waals surface area contributed by atoms with Gasteiger partial charge in [-0.2, -0.15) is 0 Å². The smallest absolute Gasteiger partial charge is 0.164 e. The van der Waals surface area contributed by atoms with Crippen LogP contribution in [0.5, 0.6) is 0 Å². The molecule has 2 aromatic rings. The van der Waals surface area contributed by atoms with E-state index in [0.717, 1.165) is 44.0 Å². The summed E-state index contributed by atoms with van der Waals surface area (Å²) in [5.74, 6) is 4.98. The minimum Gasteiger partial charge on any atom is -0.389 e. The highest BCUT2D eigenvalue weighted by atomic mass is 16.5. The summed E-state index contributed by atoms with van der Waals surface area (Å²) < 4.78 is 10.6. The number of ether oxygens (including phenoxy) is 2. The van der Waals surface area contributed by atoms with Crippen LogP contribution in [0, 0.1) is 17.8 Å². The molecule has 0 aliphatic carbocycles. The molecule has 0 spiro atoms. The van der Waals surface area contributed by atoms with Crippen LogP contribution in [0.4, 0.5) is 0 Å². The highest BCUT2D eigenvalue weighted by Gasteiger charge is 2.27. The zero-order valence-corrected chi connectivity index (χ0v) is 20.4. The van der Waals surface area contributed by atoms with Gasteiger partial charge in [-0.05, 0) is 42.3 Å². The fraction of sp³-hybridized carbons (Fsp3) is 0.379. The van der Waals surface area contributed by atoms with Crippen LogP contribution in [-0.4, -0.2) is 67.7 Å². The van der Waals surface area contributed by atoms with E-state index in [-0.39, 0.29) is 12.2 Å². The van der Waals surface area contributed by atoms with Crippen molar-refractivity contribution in [2.24, 2.45) is 5.92 Å². The number of Topliss-reactive ketones (excluding diaryl/α,β-unsaturated/α-hetero) is 2.